The highest BCUT2D eigenvalue weighted by Gasteiger charge is 2.26. The van der Waals surface area contributed by atoms with E-state index in [1.165, 1.54) is 4.90 Å². The van der Waals surface area contributed by atoms with Crippen LogP contribution in [0.2, 0.25) is 0 Å². The zero-order valence-corrected chi connectivity index (χ0v) is 14.0. The third kappa shape index (κ3) is 4.82. The van der Waals surface area contributed by atoms with Crippen LogP contribution in [0, 0.1) is 11.3 Å². The first-order valence-corrected chi connectivity index (χ1v) is 7.60. The maximum Gasteiger partial charge on any atom is 0.345 e. The Hall–Kier alpha value is -3.33. The molecule has 2 aromatic rings. The molecule has 0 bridgehead atoms. The van der Waals surface area contributed by atoms with E-state index in [0.29, 0.717) is 11.1 Å². The summed E-state index contributed by atoms with van der Waals surface area (Å²) in [5.41, 5.74) is 0.895. The van der Waals surface area contributed by atoms with E-state index < -0.39 is 18.7 Å². The van der Waals surface area contributed by atoms with E-state index in [4.69, 9.17) is 14.7 Å². The summed E-state index contributed by atoms with van der Waals surface area (Å²) in [4.78, 5) is 25.8. The van der Waals surface area contributed by atoms with E-state index in [0.717, 1.165) is 0 Å². The summed E-state index contributed by atoms with van der Waals surface area (Å²) in [6.45, 7) is -0.400. The average molecular weight is 338 g/mol. The molecule has 2 aromatic carbocycles. The molecule has 2 rings (SSSR count). The Morgan fingerprint density at radius 1 is 1.08 bits per heavy atom. The van der Waals surface area contributed by atoms with Gasteiger partial charge in [0.2, 0.25) is 6.10 Å². The molecule has 0 N–H and O–H groups in total. The number of esters is 1. The monoisotopic (exact) mass is 338 g/mol. The molecule has 0 saturated heterocycles. The largest absolute Gasteiger partial charge is 0.481 e. The minimum atomic E-state index is -1.04. The van der Waals surface area contributed by atoms with Crippen molar-refractivity contribution >= 4 is 11.9 Å². The Labute approximate surface area is 146 Å². The molecule has 0 aromatic heterocycles. The molecule has 0 aliphatic heterocycles. The molecule has 0 aliphatic rings. The Balaban J connectivity index is 2.07. The molecule has 0 radical (unpaired) electrons. The van der Waals surface area contributed by atoms with Crippen molar-refractivity contribution in [2.24, 2.45) is 0 Å². The van der Waals surface area contributed by atoms with Gasteiger partial charge in [-0.25, -0.2) is 4.79 Å². The summed E-state index contributed by atoms with van der Waals surface area (Å²) in [5.74, 6) is -0.758. The molecule has 25 heavy (non-hydrogen) atoms. The summed E-state index contributed by atoms with van der Waals surface area (Å²) in [5, 5.41) is 9.02. The van der Waals surface area contributed by atoms with Crippen LogP contribution in [0.5, 0.6) is 5.75 Å². The Bertz CT molecular complexity index is 782. The number of rotatable bonds is 6. The summed E-state index contributed by atoms with van der Waals surface area (Å²) >= 11 is 0. The van der Waals surface area contributed by atoms with Crippen LogP contribution in [0.15, 0.2) is 54.6 Å². The van der Waals surface area contributed by atoms with Crippen molar-refractivity contribution in [3.63, 3.8) is 0 Å². The lowest BCUT2D eigenvalue weighted by molar-refractivity contribution is -0.161. The van der Waals surface area contributed by atoms with Crippen molar-refractivity contribution in [2.75, 3.05) is 20.7 Å². The van der Waals surface area contributed by atoms with Gasteiger partial charge in [0.1, 0.15) is 11.8 Å². The number of carbonyl (C=O) groups excluding carboxylic acids is 2. The second-order valence-corrected chi connectivity index (χ2v) is 5.41. The molecule has 6 heteroatoms. The number of benzene rings is 2. The smallest absolute Gasteiger partial charge is 0.345 e. The molecule has 0 saturated carbocycles. The average Bonchev–Trinajstić information content (AvgIpc) is 2.64. The van der Waals surface area contributed by atoms with E-state index in [1.807, 2.05) is 12.1 Å². The van der Waals surface area contributed by atoms with Crippen LogP contribution in [0.4, 0.5) is 0 Å². The van der Waals surface area contributed by atoms with Gasteiger partial charge >= 0.3 is 5.97 Å². The topological polar surface area (TPSA) is 79.6 Å². The fourth-order valence-electron chi connectivity index (χ4n) is 2.11. The van der Waals surface area contributed by atoms with Gasteiger partial charge < -0.3 is 14.4 Å². The lowest BCUT2D eigenvalue weighted by Crippen LogP contribution is -2.32. The molecule has 1 atom stereocenters. The lowest BCUT2D eigenvalue weighted by Gasteiger charge is -2.21. The minimum Gasteiger partial charge on any atom is -0.481 e. The SMILES string of the molecule is CN(C)C(=O)[C@H](OC(=O)COc1ccccc1C#N)c1ccccc1. The van der Waals surface area contributed by atoms with Crippen molar-refractivity contribution in [1.29, 1.82) is 5.26 Å². The number of hydrogen-bond acceptors (Lipinski definition) is 5. The quantitative estimate of drug-likeness (QED) is 0.755. The van der Waals surface area contributed by atoms with Gasteiger partial charge in [-0.2, -0.15) is 5.26 Å². The zero-order chi connectivity index (χ0) is 18.2. The lowest BCUT2D eigenvalue weighted by atomic mass is 10.1. The summed E-state index contributed by atoms with van der Waals surface area (Å²) < 4.78 is 10.7. The number of likely N-dealkylation sites (N-methyl/N-ethyl adjacent to an activating group) is 1. The fraction of sp³-hybridized carbons (Fsp3) is 0.211. The number of para-hydroxylation sites is 1. The predicted octanol–water partition coefficient (Wildman–Crippen LogP) is 2.31. The minimum absolute atomic E-state index is 0.289. The number of carbonyl (C=O) groups is 2. The van der Waals surface area contributed by atoms with E-state index in [9.17, 15) is 9.59 Å². The molecule has 0 spiro atoms. The summed E-state index contributed by atoms with van der Waals surface area (Å²) in [7, 11) is 3.18. The summed E-state index contributed by atoms with van der Waals surface area (Å²) in [6, 6.07) is 17.3. The van der Waals surface area contributed by atoms with Gasteiger partial charge in [0.05, 0.1) is 5.56 Å². The highest BCUT2D eigenvalue weighted by molar-refractivity contribution is 5.85. The van der Waals surface area contributed by atoms with E-state index >= 15 is 0 Å². The molecule has 128 valence electrons. The highest BCUT2D eigenvalue weighted by Crippen LogP contribution is 2.20. The number of ether oxygens (including phenoxy) is 2. The second kappa shape index (κ2) is 8.50. The van der Waals surface area contributed by atoms with Gasteiger partial charge in [0.25, 0.3) is 5.91 Å². The van der Waals surface area contributed by atoms with Crippen LogP contribution >= 0.6 is 0 Å². The van der Waals surface area contributed by atoms with Crippen molar-refractivity contribution in [3.05, 3.63) is 65.7 Å². The van der Waals surface area contributed by atoms with Gasteiger partial charge in [0, 0.05) is 19.7 Å². The number of hydrogen-bond donors (Lipinski definition) is 0. The molecular weight excluding hydrogens is 320 g/mol. The highest BCUT2D eigenvalue weighted by atomic mass is 16.6. The normalized spacial score (nSPS) is 11.1. The van der Waals surface area contributed by atoms with Crippen molar-refractivity contribution < 1.29 is 19.1 Å². The van der Waals surface area contributed by atoms with E-state index in [2.05, 4.69) is 0 Å². The first-order valence-electron chi connectivity index (χ1n) is 7.60. The van der Waals surface area contributed by atoms with E-state index in [-0.39, 0.29) is 11.7 Å². The number of amides is 1. The number of nitriles is 1. The van der Waals surface area contributed by atoms with Gasteiger partial charge in [-0.15, -0.1) is 0 Å². The first-order chi connectivity index (χ1) is 12.0. The maximum absolute atomic E-state index is 12.3. The Morgan fingerprint density at radius 3 is 2.36 bits per heavy atom. The van der Waals surface area contributed by atoms with Crippen LogP contribution in [0.3, 0.4) is 0 Å². The van der Waals surface area contributed by atoms with Crippen LogP contribution in [0.25, 0.3) is 0 Å². The molecule has 0 heterocycles. The second-order valence-electron chi connectivity index (χ2n) is 5.41. The zero-order valence-electron chi connectivity index (χ0n) is 14.0. The first kappa shape index (κ1) is 18.0. The predicted molar refractivity (Wildman–Crippen MR) is 90.6 cm³/mol. The molecule has 0 fully saturated rings. The van der Waals surface area contributed by atoms with Crippen molar-refractivity contribution in [1.82, 2.24) is 4.90 Å². The Kier molecular flexibility index (Phi) is 6.13. The third-order valence-corrected chi connectivity index (χ3v) is 3.37. The molecule has 0 unspecified atom stereocenters. The van der Waals surface area contributed by atoms with Crippen LogP contribution < -0.4 is 4.74 Å². The van der Waals surface area contributed by atoms with Gasteiger partial charge in [-0.05, 0) is 12.1 Å². The van der Waals surface area contributed by atoms with Crippen LogP contribution in [-0.2, 0) is 14.3 Å². The summed E-state index contributed by atoms with van der Waals surface area (Å²) in [6.07, 6.45) is -1.04. The van der Waals surface area contributed by atoms with Crippen molar-refractivity contribution in [3.8, 4) is 11.8 Å². The maximum atomic E-state index is 12.3. The van der Waals surface area contributed by atoms with Gasteiger partial charge in [-0.3, -0.25) is 4.79 Å². The van der Waals surface area contributed by atoms with Crippen LogP contribution in [-0.4, -0.2) is 37.5 Å². The number of nitrogens with zero attached hydrogens (tertiary/aromatic N) is 2. The van der Waals surface area contributed by atoms with Gasteiger partial charge in [-0.1, -0.05) is 42.5 Å². The molecular formula is C19H18N2O4. The molecule has 0 aliphatic carbocycles. The third-order valence-electron chi connectivity index (χ3n) is 3.37. The molecule has 1 amide bonds. The van der Waals surface area contributed by atoms with Crippen LogP contribution in [0.1, 0.15) is 17.2 Å². The molecule has 6 nitrogen and oxygen atoms in total. The standard InChI is InChI=1S/C19H18N2O4/c1-21(2)19(23)18(14-8-4-3-5-9-14)25-17(22)13-24-16-11-7-6-10-15(16)12-20/h3-11,18H,13H2,1-2H3/t18-/m1/s1. The van der Waals surface area contributed by atoms with Crippen molar-refractivity contribution in [2.45, 2.75) is 6.10 Å². The fourth-order valence-corrected chi connectivity index (χ4v) is 2.11. The van der Waals surface area contributed by atoms with Gasteiger partial charge in [0.15, 0.2) is 6.61 Å². The van der Waals surface area contributed by atoms with E-state index in [1.54, 1.807) is 62.6 Å². The Morgan fingerprint density at radius 2 is 1.72 bits per heavy atom.